The summed E-state index contributed by atoms with van der Waals surface area (Å²) in [6, 6.07) is 8.47. The lowest BCUT2D eigenvalue weighted by molar-refractivity contribution is -0.151. The van der Waals surface area contributed by atoms with Crippen LogP contribution in [0, 0.1) is 0 Å². The Balaban J connectivity index is 1.69. The highest BCUT2D eigenvalue weighted by Gasteiger charge is 2.29. The summed E-state index contributed by atoms with van der Waals surface area (Å²) >= 11 is 3.19. The van der Waals surface area contributed by atoms with Crippen molar-refractivity contribution in [1.82, 2.24) is 10.3 Å². The van der Waals surface area contributed by atoms with Crippen molar-refractivity contribution in [3.8, 4) is 11.5 Å². The summed E-state index contributed by atoms with van der Waals surface area (Å²) in [6.45, 7) is 4.16. The molecule has 0 aliphatic carbocycles. The number of pyridine rings is 1. The van der Waals surface area contributed by atoms with E-state index in [-0.39, 0.29) is 23.1 Å². The molecule has 0 unspecified atom stereocenters. The molecular weight excluding hydrogens is 492 g/mol. The van der Waals surface area contributed by atoms with E-state index in [2.05, 4.69) is 10.3 Å². The molecule has 0 bridgehead atoms. The number of esters is 2. The summed E-state index contributed by atoms with van der Waals surface area (Å²) in [4.78, 5) is 43.0. The van der Waals surface area contributed by atoms with Crippen LogP contribution < -0.4 is 14.8 Å². The zero-order chi connectivity index (χ0) is 25.4. The van der Waals surface area contributed by atoms with Gasteiger partial charge >= 0.3 is 11.9 Å². The zero-order valence-corrected chi connectivity index (χ0v) is 21.3. The summed E-state index contributed by atoms with van der Waals surface area (Å²) in [5, 5.41) is 6.55. The van der Waals surface area contributed by atoms with Gasteiger partial charge in [0.2, 0.25) is 6.79 Å². The fraction of sp³-hybridized carbons (Fsp3) is 0.333. The maximum absolute atomic E-state index is 12.9. The van der Waals surface area contributed by atoms with Gasteiger partial charge in [0.05, 0.1) is 13.0 Å². The summed E-state index contributed by atoms with van der Waals surface area (Å²) in [5.41, 5.74) is -0.126. The number of carbonyl (C=O) groups is 3. The number of thiophene rings is 2. The second-order valence-electron chi connectivity index (χ2n) is 7.43. The molecule has 1 amide bonds. The first-order valence-electron chi connectivity index (χ1n) is 10.7. The van der Waals surface area contributed by atoms with Crippen LogP contribution in [0.2, 0.25) is 0 Å². The Hall–Kier alpha value is -3.44. The Morgan fingerprint density at radius 3 is 2.26 bits per heavy atom. The van der Waals surface area contributed by atoms with Crippen LogP contribution in [0.25, 0.3) is 0 Å². The summed E-state index contributed by atoms with van der Waals surface area (Å²) in [7, 11) is 1.40. The van der Waals surface area contributed by atoms with Gasteiger partial charge in [-0.25, -0.2) is 9.78 Å². The fourth-order valence-electron chi connectivity index (χ4n) is 3.28. The van der Waals surface area contributed by atoms with Crippen molar-refractivity contribution in [2.45, 2.75) is 38.8 Å². The van der Waals surface area contributed by atoms with Crippen LogP contribution in [0.3, 0.4) is 0 Å². The standard InChI is InChI=1S/C24H26N2O7S2/c1-14(24(29)33-15(2)20(18-7-5-11-34-18)19-8-6-12-35-19)26-23(28)21-22(32-13-31-16(3)27)17(30-4)9-10-25-21/h5-12,14-15,20H,13H2,1-4H3,(H,26,28)/t14-,15-/m0/s1. The molecule has 0 aromatic carbocycles. The molecule has 11 heteroatoms. The Morgan fingerprint density at radius 2 is 1.71 bits per heavy atom. The van der Waals surface area contributed by atoms with Crippen molar-refractivity contribution in [2.24, 2.45) is 0 Å². The van der Waals surface area contributed by atoms with Gasteiger partial charge in [0.1, 0.15) is 12.1 Å². The van der Waals surface area contributed by atoms with E-state index in [9.17, 15) is 14.4 Å². The van der Waals surface area contributed by atoms with Crippen molar-refractivity contribution in [3.05, 3.63) is 62.7 Å². The van der Waals surface area contributed by atoms with Crippen LogP contribution in [0.4, 0.5) is 0 Å². The number of aromatic nitrogens is 1. The van der Waals surface area contributed by atoms with E-state index in [0.717, 1.165) is 9.75 Å². The van der Waals surface area contributed by atoms with Crippen molar-refractivity contribution >= 4 is 40.5 Å². The Bertz CT molecular complexity index is 1100. The molecule has 35 heavy (non-hydrogen) atoms. The van der Waals surface area contributed by atoms with Gasteiger partial charge in [-0.2, -0.15) is 0 Å². The molecule has 2 atom stereocenters. The molecule has 3 aromatic heterocycles. The molecular formula is C24H26N2O7S2. The van der Waals surface area contributed by atoms with E-state index in [1.807, 2.05) is 41.9 Å². The molecule has 0 radical (unpaired) electrons. The second kappa shape index (κ2) is 12.3. The molecule has 3 rings (SSSR count). The smallest absolute Gasteiger partial charge is 0.328 e. The molecule has 0 spiro atoms. The Kier molecular flexibility index (Phi) is 9.21. The molecule has 186 valence electrons. The highest BCUT2D eigenvalue weighted by molar-refractivity contribution is 7.11. The number of nitrogens with zero attached hydrogens (tertiary/aromatic N) is 1. The zero-order valence-electron chi connectivity index (χ0n) is 19.7. The summed E-state index contributed by atoms with van der Waals surface area (Å²) in [6.07, 6.45) is 0.904. The monoisotopic (exact) mass is 518 g/mol. The van der Waals surface area contributed by atoms with Gasteiger partial charge in [0.25, 0.3) is 5.91 Å². The molecule has 9 nitrogen and oxygen atoms in total. The second-order valence-corrected chi connectivity index (χ2v) is 9.39. The number of methoxy groups -OCH3 is 1. The van der Waals surface area contributed by atoms with Crippen molar-refractivity contribution in [2.75, 3.05) is 13.9 Å². The third kappa shape index (κ3) is 6.80. The van der Waals surface area contributed by atoms with E-state index in [1.54, 1.807) is 22.7 Å². The van der Waals surface area contributed by atoms with Gasteiger partial charge < -0.3 is 24.3 Å². The predicted octanol–water partition coefficient (Wildman–Crippen LogP) is 3.99. The Morgan fingerprint density at radius 1 is 1.06 bits per heavy atom. The van der Waals surface area contributed by atoms with E-state index >= 15 is 0 Å². The lowest BCUT2D eigenvalue weighted by Gasteiger charge is -2.24. The van der Waals surface area contributed by atoms with Gasteiger partial charge in [-0.05, 0) is 36.7 Å². The fourth-order valence-corrected chi connectivity index (χ4v) is 5.23. The molecule has 0 fully saturated rings. The van der Waals surface area contributed by atoms with Crippen molar-refractivity contribution in [1.29, 1.82) is 0 Å². The lowest BCUT2D eigenvalue weighted by atomic mass is 9.99. The van der Waals surface area contributed by atoms with E-state index in [1.165, 1.54) is 33.2 Å². The van der Waals surface area contributed by atoms with Gasteiger partial charge in [-0.1, -0.05) is 12.1 Å². The Labute approximate surface area is 211 Å². The van der Waals surface area contributed by atoms with Crippen molar-refractivity contribution < 1.29 is 33.3 Å². The van der Waals surface area contributed by atoms with E-state index in [4.69, 9.17) is 18.9 Å². The first-order chi connectivity index (χ1) is 16.8. The van der Waals surface area contributed by atoms with Crippen LogP contribution in [0.5, 0.6) is 11.5 Å². The SMILES string of the molecule is COc1ccnc(C(=O)N[C@@H](C)C(=O)O[C@@H](C)C(c2cccs2)c2cccs2)c1OCOC(C)=O. The minimum absolute atomic E-state index is 0.0156. The first kappa shape index (κ1) is 26.2. The van der Waals surface area contributed by atoms with Crippen LogP contribution in [-0.2, 0) is 19.1 Å². The van der Waals surface area contributed by atoms with E-state index in [0.29, 0.717) is 0 Å². The molecule has 0 saturated heterocycles. The highest BCUT2D eigenvalue weighted by Crippen LogP contribution is 2.35. The molecule has 0 saturated carbocycles. The molecule has 3 heterocycles. The van der Waals surface area contributed by atoms with Gasteiger partial charge in [-0.3, -0.25) is 9.59 Å². The molecule has 1 N–H and O–H groups in total. The predicted molar refractivity (Wildman–Crippen MR) is 131 cm³/mol. The lowest BCUT2D eigenvalue weighted by Crippen LogP contribution is -2.41. The van der Waals surface area contributed by atoms with Crippen LogP contribution in [0.1, 0.15) is 46.9 Å². The third-order valence-electron chi connectivity index (χ3n) is 4.94. The average Bonchev–Trinajstić information content (AvgIpc) is 3.54. The molecule has 0 aliphatic rings. The van der Waals surface area contributed by atoms with Gasteiger partial charge in [0.15, 0.2) is 17.2 Å². The number of carbonyl (C=O) groups excluding carboxylic acids is 3. The number of hydrogen-bond acceptors (Lipinski definition) is 10. The average molecular weight is 519 g/mol. The minimum atomic E-state index is -0.966. The number of amides is 1. The largest absolute Gasteiger partial charge is 0.493 e. The first-order valence-corrected chi connectivity index (χ1v) is 12.4. The van der Waals surface area contributed by atoms with Gasteiger partial charge in [0, 0.05) is 28.9 Å². The maximum atomic E-state index is 12.9. The summed E-state index contributed by atoms with van der Waals surface area (Å²) in [5.74, 6) is -1.72. The highest BCUT2D eigenvalue weighted by atomic mass is 32.1. The van der Waals surface area contributed by atoms with E-state index < -0.39 is 36.8 Å². The topological polar surface area (TPSA) is 113 Å². The van der Waals surface area contributed by atoms with Gasteiger partial charge in [-0.15, -0.1) is 22.7 Å². The minimum Gasteiger partial charge on any atom is -0.493 e. The quantitative estimate of drug-likeness (QED) is 0.299. The van der Waals surface area contributed by atoms with Crippen LogP contribution in [0.15, 0.2) is 47.3 Å². The van der Waals surface area contributed by atoms with Crippen LogP contribution in [-0.4, -0.2) is 48.9 Å². The normalized spacial score (nSPS) is 12.5. The van der Waals surface area contributed by atoms with Crippen molar-refractivity contribution in [3.63, 3.8) is 0 Å². The summed E-state index contributed by atoms with van der Waals surface area (Å²) < 4.78 is 21.2. The number of rotatable bonds is 11. The number of ether oxygens (including phenoxy) is 4. The van der Waals surface area contributed by atoms with Crippen LogP contribution >= 0.6 is 22.7 Å². The number of hydrogen-bond donors (Lipinski definition) is 1. The maximum Gasteiger partial charge on any atom is 0.328 e. The third-order valence-corrected chi connectivity index (χ3v) is 6.85. The molecule has 3 aromatic rings. The number of nitrogens with one attached hydrogen (secondary N) is 1. The molecule has 0 aliphatic heterocycles.